The number of fused-ring (bicyclic) bond motifs is 1. The summed E-state index contributed by atoms with van der Waals surface area (Å²) in [5.74, 6) is 0.111. The maximum Gasteiger partial charge on any atom is 0.261 e. The molecule has 3 rings (SSSR count). The second-order valence-electron chi connectivity index (χ2n) is 5.73. The summed E-state index contributed by atoms with van der Waals surface area (Å²) in [5.41, 5.74) is 1.75. The fraction of sp³-hybridized carbons (Fsp3) is 0.211. The number of rotatable bonds is 7. The average Bonchev–Trinajstić information content (AvgIpc) is 2.89. The van der Waals surface area contributed by atoms with Crippen LogP contribution in [0, 0.1) is 0 Å². The third-order valence-electron chi connectivity index (χ3n) is 4.00. The fourth-order valence-electron chi connectivity index (χ4n) is 2.65. The number of imide groups is 1. The van der Waals surface area contributed by atoms with Gasteiger partial charge in [-0.05, 0) is 23.8 Å². The minimum absolute atomic E-state index is 0.114. The van der Waals surface area contributed by atoms with Crippen LogP contribution in [0.25, 0.3) is 0 Å². The summed E-state index contributed by atoms with van der Waals surface area (Å²) < 4.78 is 0. The maximum absolute atomic E-state index is 12.2. The molecule has 0 aromatic heterocycles. The van der Waals surface area contributed by atoms with E-state index in [4.69, 9.17) is 11.6 Å². The van der Waals surface area contributed by atoms with Crippen molar-refractivity contribution in [3.8, 4) is 0 Å². The Morgan fingerprint density at radius 1 is 1.00 bits per heavy atom. The molecule has 7 heteroatoms. The first-order chi connectivity index (χ1) is 12.6. The summed E-state index contributed by atoms with van der Waals surface area (Å²) in [5, 5.41) is 3.42. The van der Waals surface area contributed by atoms with E-state index in [2.05, 4.69) is 5.32 Å². The lowest BCUT2D eigenvalue weighted by Gasteiger charge is -2.13. The molecule has 0 radical (unpaired) electrons. The van der Waals surface area contributed by atoms with Crippen molar-refractivity contribution in [2.75, 3.05) is 18.1 Å². The Labute approximate surface area is 160 Å². The third kappa shape index (κ3) is 4.08. The SMILES string of the molecule is O=C(CSCCN1C(=O)c2ccccc2C1=O)NCc1ccccc1Cl. The van der Waals surface area contributed by atoms with E-state index in [1.165, 1.54) is 16.7 Å². The van der Waals surface area contributed by atoms with E-state index >= 15 is 0 Å². The zero-order chi connectivity index (χ0) is 18.5. The summed E-state index contributed by atoms with van der Waals surface area (Å²) in [6.45, 7) is 0.659. The van der Waals surface area contributed by atoms with Gasteiger partial charge in [0.2, 0.25) is 5.91 Å². The number of thioether (sulfide) groups is 1. The van der Waals surface area contributed by atoms with Gasteiger partial charge >= 0.3 is 0 Å². The third-order valence-corrected chi connectivity index (χ3v) is 5.31. The van der Waals surface area contributed by atoms with Gasteiger partial charge in [-0.2, -0.15) is 11.8 Å². The fourth-order valence-corrected chi connectivity index (χ4v) is 3.60. The standard InChI is InChI=1S/C19H17ClN2O3S/c20-16-8-4-1-5-13(16)11-21-17(23)12-26-10-9-22-18(24)14-6-2-3-7-15(14)19(22)25/h1-8H,9-12H2,(H,21,23). The van der Waals surface area contributed by atoms with E-state index in [-0.39, 0.29) is 30.0 Å². The summed E-state index contributed by atoms with van der Waals surface area (Å²) >= 11 is 7.43. The molecule has 0 fully saturated rings. The molecular formula is C19H17ClN2O3S. The summed E-state index contributed by atoms with van der Waals surface area (Å²) in [7, 11) is 0. The number of halogens is 1. The van der Waals surface area contributed by atoms with Gasteiger partial charge in [0.05, 0.1) is 16.9 Å². The van der Waals surface area contributed by atoms with Gasteiger partial charge in [0.25, 0.3) is 11.8 Å². The minimum atomic E-state index is -0.269. The van der Waals surface area contributed by atoms with Crippen LogP contribution in [0.2, 0.25) is 5.02 Å². The van der Waals surface area contributed by atoms with Gasteiger partial charge in [-0.25, -0.2) is 0 Å². The van der Waals surface area contributed by atoms with Crippen LogP contribution in [0.3, 0.4) is 0 Å². The molecule has 2 aromatic rings. The van der Waals surface area contributed by atoms with Gasteiger partial charge in [0, 0.05) is 23.9 Å². The van der Waals surface area contributed by atoms with Crippen molar-refractivity contribution >= 4 is 41.1 Å². The smallest absolute Gasteiger partial charge is 0.261 e. The molecule has 26 heavy (non-hydrogen) atoms. The van der Waals surface area contributed by atoms with Crippen molar-refractivity contribution in [1.29, 1.82) is 0 Å². The van der Waals surface area contributed by atoms with Crippen LogP contribution in [-0.4, -0.2) is 40.7 Å². The lowest BCUT2D eigenvalue weighted by atomic mass is 10.1. The van der Waals surface area contributed by atoms with Gasteiger partial charge < -0.3 is 5.32 Å². The normalized spacial score (nSPS) is 13.0. The predicted octanol–water partition coefficient (Wildman–Crippen LogP) is 2.99. The molecule has 134 valence electrons. The monoisotopic (exact) mass is 388 g/mol. The molecule has 0 unspecified atom stereocenters. The highest BCUT2D eigenvalue weighted by atomic mass is 35.5. The highest BCUT2D eigenvalue weighted by molar-refractivity contribution is 7.99. The maximum atomic E-state index is 12.2. The Morgan fingerprint density at radius 3 is 2.27 bits per heavy atom. The van der Waals surface area contributed by atoms with Gasteiger partial charge in [-0.3, -0.25) is 19.3 Å². The van der Waals surface area contributed by atoms with Crippen molar-refractivity contribution in [1.82, 2.24) is 10.2 Å². The van der Waals surface area contributed by atoms with Crippen molar-refractivity contribution in [3.05, 3.63) is 70.2 Å². The van der Waals surface area contributed by atoms with Gasteiger partial charge in [-0.15, -0.1) is 0 Å². The molecule has 0 atom stereocenters. The number of hydrogen-bond donors (Lipinski definition) is 1. The van der Waals surface area contributed by atoms with Crippen LogP contribution in [0.15, 0.2) is 48.5 Å². The molecule has 0 saturated carbocycles. The van der Waals surface area contributed by atoms with Gasteiger partial charge in [0.15, 0.2) is 0 Å². The molecule has 1 heterocycles. The molecule has 0 saturated heterocycles. The molecule has 5 nitrogen and oxygen atoms in total. The van der Waals surface area contributed by atoms with Crippen LogP contribution in [-0.2, 0) is 11.3 Å². The first-order valence-electron chi connectivity index (χ1n) is 8.11. The number of nitrogens with zero attached hydrogens (tertiary/aromatic N) is 1. The van der Waals surface area contributed by atoms with Crippen LogP contribution in [0.1, 0.15) is 26.3 Å². The molecule has 0 spiro atoms. The number of nitrogens with one attached hydrogen (secondary N) is 1. The van der Waals surface area contributed by atoms with Crippen LogP contribution in [0.5, 0.6) is 0 Å². The topological polar surface area (TPSA) is 66.5 Å². The summed E-state index contributed by atoms with van der Waals surface area (Å²) in [4.78, 5) is 37.6. The van der Waals surface area contributed by atoms with Gasteiger partial charge in [-0.1, -0.05) is 41.9 Å². The zero-order valence-corrected chi connectivity index (χ0v) is 15.5. The Kier molecular flexibility index (Phi) is 5.96. The number of amides is 3. The number of carbonyl (C=O) groups is 3. The van der Waals surface area contributed by atoms with E-state index in [1.807, 2.05) is 18.2 Å². The van der Waals surface area contributed by atoms with E-state index < -0.39 is 0 Å². The van der Waals surface area contributed by atoms with E-state index in [0.717, 1.165) is 5.56 Å². The predicted molar refractivity (Wildman–Crippen MR) is 102 cm³/mol. The number of hydrogen-bond acceptors (Lipinski definition) is 4. The Morgan fingerprint density at radius 2 is 1.62 bits per heavy atom. The molecule has 1 aliphatic rings. The van der Waals surface area contributed by atoms with Gasteiger partial charge in [0.1, 0.15) is 0 Å². The highest BCUT2D eigenvalue weighted by Crippen LogP contribution is 2.22. The van der Waals surface area contributed by atoms with Crippen LogP contribution in [0.4, 0.5) is 0 Å². The number of benzene rings is 2. The van der Waals surface area contributed by atoms with E-state index in [0.29, 0.717) is 28.4 Å². The molecule has 0 aliphatic carbocycles. The minimum Gasteiger partial charge on any atom is -0.351 e. The van der Waals surface area contributed by atoms with Crippen LogP contribution < -0.4 is 5.32 Å². The highest BCUT2D eigenvalue weighted by Gasteiger charge is 2.34. The first kappa shape index (κ1) is 18.5. The lowest BCUT2D eigenvalue weighted by Crippen LogP contribution is -2.32. The second kappa shape index (κ2) is 8.38. The van der Waals surface area contributed by atoms with Crippen molar-refractivity contribution in [2.24, 2.45) is 0 Å². The molecule has 1 N–H and O–H groups in total. The molecule has 1 aliphatic heterocycles. The van der Waals surface area contributed by atoms with E-state index in [1.54, 1.807) is 30.3 Å². The quantitative estimate of drug-likeness (QED) is 0.585. The average molecular weight is 389 g/mol. The van der Waals surface area contributed by atoms with Crippen molar-refractivity contribution in [2.45, 2.75) is 6.54 Å². The van der Waals surface area contributed by atoms with Crippen LogP contribution >= 0.6 is 23.4 Å². The Balaban J connectivity index is 1.41. The molecule has 3 amide bonds. The Hall–Kier alpha value is -2.31. The summed E-state index contributed by atoms with van der Waals surface area (Å²) in [6.07, 6.45) is 0. The number of carbonyl (C=O) groups excluding carboxylic acids is 3. The zero-order valence-electron chi connectivity index (χ0n) is 13.9. The molecule has 2 aromatic carbocycles. The largest absolute Gasteiger partial charge is 0.351 e. The first-order valence-corrected chi connectivity index (χ1v) is 9.64. The second-order valence-corrected chi connectivity index (χ2v) is 7.24. The summed E-state index contributed by atoms with van der Waals surface area (Å²) in [6, 6.07) is 14.1. The molecular weight excluding hydrogens is 372 g/mol. The van der Waals surface area contributed by atoms with Crippen molar-refractivity contribution in [3.63, 3.8) is 0 Å². The van der Waals surface area contributed by atoms with Crippen molar-refractivity contribution < 1.29 is 14.4 Å². The van der Waals surface area contributed by atoms with E-state index in [9.17, 15) is 14.4 Å². The lowest BCUT2D eigenvalue weighted by molar-refractivity contribution is -0.118. The molecule has 0 bridgehead atoms. The Bertz CT molecular complexity index is 821.